The molecule has 0 unspecified atom stereocenters. The number of hydrogen-bond donors (Lipinski definition) is 4. The molecule has 0 aromatic rings. The minimum absolute atomic E-state index is 0.0854. The maximum absolute atomic E-state index is 13.5. The van der Waals surface area contributed by atoms with Gasteiger partial charge in [0.1, 0.15) is 6.10 Å². The predicted molar refractivity (Wildman–Crippen MR) is 165 cm³/mol. The Labute approximate surface area is 254 Å². The lowest BCUT2D eigenvalue weighted by Gasteiger charge is -2.33. The van der Waals surface area contributed by atoms with Crippen LogP contribution in [0.3, 0.4) is 0 Å². The third kappa shape index (κ3) is 9.60. The first-order chi connectivity index (χ1) is 20.4. The van der Waals surface area contributed by atoms with E-state index >= 15 is 0 Å². The standard InChI is InChI=1S/C32H46N4O7/c1-9-13-35-27-20(4)16-21(5)30(43-32(33)40)25(41-7)12-10-11-19(3)31(39)36-23-17-24(37)28(34-6)22(29(23)38)14-18(2)15-26(27)42-8/h9-12,16-18,20,25-27,30,34-35H,1,13-15H2,2-8H3,(H2,33,40)(H,36,39)/b12-10-,19-11+,21-16+/t18-,20+,25+,26+,27-,30+/m1/s1. The van der Waals surface area contributed by atoms with E-state index in [1.807, 2.05) is 26.8 Å². The van der Waals surface area contributed by atoms with E-state index in [4.69, 9.17) is 19.9 Å². The van der Waals surface area contributed by atoms with Crippen molar-refractivity contribution in [3.8, 4) is 0 Å². The van der Waals surface area contributed by atoms with Crippen molar-refractivity contribution in [1.82, 2.24) is 16.0 Å². The van der Waals surface area contributed by atoms with E-state index in [0.717, 1.165) is 6.08 Å². The van der Waals surface area contributed by atoms with E-state index in [1.165, 1.54) is 13.2 Å². The summed E-state index contributed by atoms with van der Waals surface area (Å²) < 4.78 is 17.1. The lowest BCUT2D eigenvalue weighted by Crippen LogP contribution is -2.46. The number of nitrogens with two attached hydrogens (primary N) is 1. The molecule has 5 N–H and O–H groups in total. The zero-order chi connectivity index (χ0) is 32.3. The van der Waals surface area contributed by atoms with E-state index in [0.29, 0.717) is 24.1 Å². The molecule has 2 amide bonds. The largest absolute Gasteiger partial charge is 0.439 e. The fourth-order valence-corrected chi connectivity index (χ4v) is 5.41. The number of nitrogens with one attached hydrogen (secondary N) is 3. The van der Waals surface area contributed by atoms with Crippen molar-refractivity contribution in [2.75, 3.05) is 27.8 Å². The summed E-state index contributed by atoms with van der Waals surface area (Å²) in [6, 6.07) is -0.199. The number of ether oxygens (including phenoxy) is 3. The van der Waals surface area contributed by atoms with Gasteiger partial charge in [-0.3, -0.25) is 14.4 Å². The number of carbonyl (C=O) groups is 4. The van der Waals surface area contributed by atoms with Crippen LogP contribution in [0.1, 0.15) is 40.5 Å². The van der Waals surface area contributed by atoms with Crippen LogP contribution in [0.5, 0.6) is 0 Å². The second-order valence-electron chi connectivity index (χ2n) is 10.9. The van der Waals surface area contributed by atoms with E-state index in [-0.39, 0.29) is 47.4 Å². The minimum atomic E-state index is -0.955. The van der Waals surface area contributed by atoms with Crippen LogP contribution in [0.2, 0.25) is 0 Å². The lowest BCUT2D eigenvalue weighted by atomic mass is 9.84. The third-order valence-electron chi connectivity index (χ3n) is 7.59. The predicted octanol–water partition coefficient (Wildman–Crippen LogP) is 2.76. The van der Waals surface area contributed by atoms with Crippen molar-refractivity contribution in [3.05, 3.63) is 71.1 Å². The molecule has 6 atom stereocenters. The van der Waals surface area contributed by atoms with Crippen LogP contribution in [0.15, 0.2) is 71.1 Å². The average Bonchev–Trinajstić information content (AvgIpc) is 2.95. The SMILES string of the molecule is C=CCN[C@H]1[C@@H](OC)C[C@H](C)CC2=C(NC)C(=O)C=C(NC(=O)/C(C)=C/C=C\[C@H](OC)[C@@H](OC(N)=O)/C(C)=C/[C@@H]1C)C2=O. The first kappa shape index (κ1) is 35.4. The molecule has 0 radical (unpaired) electrons. The summed E-state index contributed by atoms with van der Waals surface area (Å²) in [4.78, 5) is 51.3. The number of rotatable bonds is 7. The molecule has 11 nitrogen and oxygen atoms in total. The van der Waals surface area contributed by atoms with Crippen LogP contribution in [0.4, 0.5) is 4.79 Å². The van der Waals surface area contributed by atoms with E-state index in [2.05, 4.69) is 22.5 Å². The minimum Gasteiger partial charge on any atom is -0.439 e. The summed E-state index contributed by atoms with van der Waals surface area (Å²) in [5.74, 6) is -1.56. The highest BCUT2D eigenvalue weighted by atomic mass is 16.6. The highest BCUT2D eigenvalue weighted by molar-refractivity contribution is 6.23. The molecule has 0 fully saturated rings. The van der Waals surface area contributed by atoms with Gasteiger partial charge in [-0.2, -0.15) is 0 Å². The second kappa shape index (κ2) is 16.7. The van der Waals surface area contributed by atoms with Gasteiger partial charge in [-0.15, -0.1) is 6.58 Å². The molecule has 43 heavy (non-hydrogen) atoms. The first-order valence-corrected chi connectivity index (χ1v) is 14.3. The van der Waals surface area contributed by atoms with Crippen molar-refractivity contribution >= 4 is 23.6 Å². The van der Waals surface area contributed by atoms with Crippen LogP contribution in [-0.2, 0) is 28.6 Å². The van der Waals surface area contributed by atoms with Gasteiger partial charge in [-0.1, -0.05) is 44.2 Å². The summed E-state index contributed by atoms with van der Waals surface area (Å²) in [5, 5.41) is 8.95. The summed E-state index contributed by atoms with van der Waals surface area (Å²) in [7, 11) is 4.69. The number of amides is 2. The van der Waals surface area contributed by atoms with Crippen LogP contribution < -0.4 is 21.7 Å². The Morgan fingerprint density at radius 2 is 1.88 bits per heavy atom. The molecular formula is C32H46N4O7. The number of ketones is 2. The summed E-state index contributed by atoms with van der Waals surface area (Å²) in [6.45, 7) is 11.8. The third-order valence-corrected chi connectivity index (χ3v) is 7.59. The molecule has 2 bridgehead atoms. The van der Waals surface area contributed by atoms with E-state index < -0.39 is 35.8 Å². The van der Waals surface area contributed by atoms with Gasteiger partial charge in [-0.05, 0) is 44.1 Å². The van der Waals surface area contributed by atoms with Crippen molar-refractivity contribution < 1.29 is 33.4 Å². The molecule has 2 rings (SSSR count). The number of methoxy groups -OCH3 is 2. The molecular weight excluding hydrogens is 552 g/mol. The molecule has 0 spiro atoms. The number of carbonyl (C=O) groups excluding carboxylic acids is 4. The Hall–Kier alpha value is -3.80. The number of hydrogen-bond acceptors (Lipinski definition) is 9. The van der Waals surface area contributed by atoms with Gasteiger partial charge in [0.05, 0.1) is 17.5 Å². The van der Waals surface area contributed by atoms with Crippen LogP contribution in [0.25, 0.3) is 0 Å². The molecule has 0 aromatic carbocycles. The molecule has 0 saturated heterocycles. The molecule has 11 heteroatoms. The van der Waals surface area contributed by atoms with Gasteiger partial charge in [0.2, 0.25) is 11.6 Å². The number of Topliss-reactive ketones (excluding diaryl/α,β-unsaturated/α-hetero) is 1. The highest BCUT2D eigenvalue weighted by Crippen LogP contribution is 2.28. The zero-order valence-electron chi connectivity index (χ0n) is 26.2. The van der Waals surface area contributed by atoms with Gasteiger partial charge >= 0.3 is 6.09 Å². The smallest absolute Gasteiger partial charge is 0.405 e. The quantitative estimate of drug-likeness (QED) is 0.255. The Balaban J connectivity index is 2.68. The maximum atomic E-state index is 13.5. The Kier molecular flexibility index (Phi) is 13.8. The van der Waals surface area contributed by atoms with Gasteiger partial charge in [-0.25, -0.2) is 4.79 Å². The summed E-state index contributed by atoms with van der Waals surface area (Å²) in [5.41, 5.74) is 6.83. The molecule has 236 valence electrons. The second-order valence-corrected chi connectivity index (χ2v) is 10.9. The monoisotopic (exact) mass is 598 g/mol. The fourth-order valence-electron chi connectivity index (χ4n) is 5.41. The lowest BCUT2D eigenvalue weighted by molar-refractivity contribution is -0.120. The van der Waals surface area contributed by atoms with Crippen LogP contribution >= 0.6 is 0 Å². The molecule has 0 saturated carbocycles. The van der Waals surface area contributed by atoms with Gasteiger partial charge < -0.3 is 35.9 Å². The first-order valence-electron chi connectivity index (χ1n) is 14.3. The van der Waals surface area contributed by atoms with Gasteiger partial charge in [0.25, 0.3) is 5.91 Å². The maximum Gasteiger partial charge on any atom is 0.405 e. The number of likely N-dealkylation sites (N-methyl/N-ethyl adjacent to an activating group) is 1. The number of fused-ring (bicyclic) bond motifs is 2. The topological polar surface area (TPSA) is 158 Å². The molecule has 0 aromatic heterocycles. The van der Waals surface area contributed by atoms with Crippen molar-refractivity contribution in [2.45, 2.75) is 64.9 Å². The van der Waals surface area contributed by atoms with Crippen molar-refractivity contribution in [3.63, 3.8) is 0 Å². The van der Waals surface area contributed by atoms with Crippen LogP contribution in [0, 0.1) is 11.8 Å². The normalized spacial score (nSPS) is 31.1. The zero-order valence-corrected chi connectivity index (χ0v) is 26.2. The van der Waals surface area contributed by atoms with E-state index in [9.17, 15) is 19.2 Å². The fraction of sp³-hybridized carbons (Fsp3) is 0.500. The summed E-state index contributed by atoms with van der Waals surface area (Å²) in [6.07, 6.45) is 7.64. The van der Waals surface area contributed by atoms with Gasteiger partial charge in [0, 0.05) is 51.1 Å². The number of allylic oxidation sites excluding steroid dienone is 4. The Morgan fingerprint density at radius 3 is 2.47 bits per heavy atom. The van der Waals surface area contributed by atoms with Crippen LogP contribution in [-0.4, -0.2) is 75.7 Å². The van der Waals surface area contributed by atoms with Gasteiger partial charge in [0.15, 0.2) is 6.10 Å². The Morgan fingerprint density at radius 1 is 1.19 bits per heavy atom. The molecule has 2 aliphatic rings. The van der Waals surface area contributed by atoms with Crippen molar-refractivity contribution in [2.24, 2.45) is 17.6 Å². The molecule has 1 aliphatic heterocycles. The molecule has 1 aliphatic carbocycles. The highest BCUT2D eigenvalue weighted by Gasteiger charge is 2.33. The Bertz CT molecular complexity index is 1230. The average molecular weight is 599 g/mol. The van der Waals surface area contributed by atoms with Crippen molar-refractivity contribution in [1.29, 1.82) is 0 Å². The number of primary amides is 1. The van der Waals surface area contributed by atoms with E-state index in [1.54, 1.807) is 39.3 Å². The molecule has 1 heterocycles. The summed E-state index contributed by atoms with van der Waals surface area (Å²) >= 11 is 0.